The maximum Gasteiger partial charge on any atom is 0.416 e. The average Bonchev–Trinajstić information content (AvgIpc) is 3.47. The number of carbonyl (C=O) groups is 1. The van der Waals surface area contributed by atoms with Crippen molar-refractivity contribution in [3.63, 3.8) is 0 Å². The van der Waals surface area contributed by atoms with E-state index in [2.05, 4.69) is 20.7 Å². The van der Waals surface area contributed by atoms with Gasteiger partial charge in [0.2, 0.25) is 11.7 Å². The smallest absolute Gasteiger partial charge is 0.323 e. The Hall–Kier alpha value is -3.77. The van der Waals surface area contributed by atoms with Gasteiger partial charge in [-0.1, -0.05) is 18.5 Å². The number of nitrogens with zero attached hydrogens (tertiary/aromatic N) is 5. The molecule has 1 unspecified atom stereocenters. The zero-order chi connectivity index (χ0) is 30.0. The fraction of sp³-hybridized carbons (Fsp3) is 0.414. The Kier molecular flexibility index (Phi) is 6.88. The van der Waals surface area contributed by atoms with E-state index in [0.717, 1.165) is 67.6 Å². The Morgan fingerprint density at radius 2 is 1.83 bits per heavy atom. The van der Waals surface area contributed by atoms with E-state index in [0.29, 0.717) is 17.0 Å². The van der Waals surface area contributed by atoms with Crippen molar-refractivity contribution in [1.82, 2.24) is 29.5 Å². The summed E-state index contributed by atoms with van der Waals surface area (Å²) in [6.45, 7) is 7.07. The van der Waals surface area contributed by atoms with Gasteiger partial charge < -0.3 is 15.2 Å². The Balaban J connectivity index is 1.47. The minimum Gasteiger partial charge on any atom is -0.323 e. The van der Waals surface area contributed by atoms with Crippen LogP contribution >= 0.6 is 11.6 Å². The monoisotopic (exact) mass is 599 g/mol. The van der Waals surface area contributed by atoms with Crippen molar-refractivity contribution in [3.05, 3.63) is 73.9 Å². The molecule has 220 valence electrons. The number of rotatable bonds is 4. The first-order chi connectivity index (χ1) is 19.9. The lowest BCUT2D eigenvalue weighted by molar-refractivity contribution is -0.137. The summed E-state index contributed by atoms with van der Waals surface area (Å²) in [5.74, 6) is -0.0180. The highest BCUT2D eigenvalue weighted by molar-refractivity contribution is 6.33. The third-order valence-corrected chi connectivity index (χ3v) is 8.56. The van der Waals surface area contributed by atoms with Gasteiger partial charge in [0, 0.05) is 33.6 Å². The van der Waals surface area contributed by atoms with Crippen molar-refractivity contribution in [1.29, 1.82) is 0 Å². The van der Waals surface area contributed by atoms with Crippen LogP contribution in [0.2, 0.25) is 5.02 Å². The maximum absolute atomic E-state index is 14.1. The summed E-state index contributed by atoms with van der Waals surface area (Å²) in [5.41, 5.74) is 2.19. The van der Waals surface area contributed by atoms with Crippen LogP contribution in [0.5, 0.6) is 0 Å². The Labute approximate surface area is 244 Å². The van der Waals surface area contributed by atoms with E-state index in [1.165, 1.54) is 4.52 Å². The number of alkyl halides is 3. The second-order valence-corrected chi connectivity index (χ2v) is 11.7. The quantitative estimate of drug-likeness (QED) is 0.342. The summed E-state index contributed by atoms with van der Waals surface area (Å²) < 4.78 is 42.4. The molecule has 1 saturated heterocycles. The lowest BCUT2D eigenvalue weighted by Gasteiger charge is -2.34. The molecule has 0 radical (unpaired) electrons. The molecule has 6 rings (SSSR count). The van der Waals surface area contributed by atoms with Crippen molar-refractivity contribution in [3.8, 4) is 11.4 Å². The van der Waals surface area contributed by atoms with E-state index in [1.54, 1.807) is 4.57 Å². The second kappa shape index (κ2) is 10.2. The molecule has 1 amide bonds. The normalized spacial score (nSPS) is 18.0. The summed E-state index contributed by atoms with van der Waals surface area (Å²) in [6.07, 6.45) is -2.24. The van der Waals surface area contributed by atoms with Crippen LogP contribution in [-0.4, -0.2) is 43.1 Å². The Morgan fingerprint density at radius 3 is 2.48 bits per heavy atom. The number of aryl methyl sites for hydroxylation is 2. The molecule has 1 atom stereocenters. The Bertz CT molecular complexity index is 1770. The fourth-order valence-corrected chi connectivity index (χ4v) is 6.82. The van der Waals surface area contributed by atoms with Gasteiger partial charge in [-0.2, -0.15) is 22.7 Å². The molecular weight excluding hydrogens is 571 g/mol. The molecule has 1 spiro atoms. The van der Waals surface area contributed by atoms with Crippen LogP contribution in [-0.2, 0) is 22.9 Å². The topological polar surface area (TPSA) is 106 Å². The molecule has 3 aromatic heterocycles. The number of anilines is 1. The fourth-order valence-electron chi connectivity index (χ4n) is 6.60. The number of hydrogen-bond acceptors (Lipinski definition) is 6. The van der Waals surface area contributed by atoms with Gasteiger partial charge in [0.1, 0.15) is 6.54 Å². The van der Waals surface area contributed by atoms with Gasteiger partial charge in [0.05, 0.1) is 16.3 Å². The number of piperidine rings is 1. The van der Waals surface area contributed by atoms with E-state index in [9.17, 15) is 22.8 Å². The zero-order valence-corrected chi connectivity index (χ0v) is 24.0. The van der Waals surface area contributed by atoms with Crippen LogP contribution < -0.4 is 16.2 Å². The molecule has 0 bridgehead atoms. The number of fused-ring (bicyclic) bond motifs is 3. The van der Waals surface area contributed by atoms with Crippen LogP contribution in [0.1, 0.15) is 60.3 Å². The molecule has 42 heavy (non-hydrogen) atoms. The molecule has 1 aliphatic heterocycles. The molecule has 13 heteroatoms. The molecule has 2 N–H and O–H groups in total. The molecule has 0 saturated carbocycles. The average molecular weight is 600 g/mol. The van der Waals surface area contributed by atoms with E-state index in [4.69, 9.17) is 16.6 Å². The van der Waals surface area contributed by atoms with E-state index >= 15 is 0 Å². The third-order valence-electron chi connectivity index (χ3n) is 8.25. The number of benzene rings is 1. The summed E-state index contributed by atoms with van der Waals surface area (Å²) in [7, 11) is 0. The van der Waals surface area contributed by atoms with E-state index in [1.807, 2.05) is 32.9 Å². The highest BCUT2D eigenvalue weighted by Crippen LogP contribution is 2.49. The van der Waals surface area contributed by atoms with Crippen LogP contribution in [0.15, 0.2) is 35.1 Å². The lowest BCUT2D eigenvalue weighted by Crippen LogP contribution is -2.42. The first kappa shape index (κ1) is 28.4. The number of pyridine rings is 1. The van der Waals surface area contributed by atoms with Gasteiger partial charge in [-0.3, -0.25) is 14.6 Å². The van der Waals surface area contributed by atoms with Crippen molar-refractivity contribution in [2.75, 3.05) is 18.4 Å². The molecular formula is C29H29ClF3N7O2. The van der Waals surface area contributed by atoms with Crippen molar-refractivity contribution >= 4 is 29.0 Å². The predicted molar refractivity (Wildman–Crippen MR) is 152 cm³/mol. The zero-order valence-electron chi connectivity index (χ0n) is 23.3. The minimum absolute atomic E-state index is 0.0381. The van der Waals surface area contributed by atoms with Gasteiger partial charge in [-0.05, 0) is 82.4 Å². The number of amides is 1. The van der Waals surface area contributed by atoms with Crippen molar-refractivity contribution < 1.29 is 18.0 Å². The number of aromatic nitrogens is 5. The first-order valence-electron chi connectivity index (χ1n) is 13.7. The SMILES string of the molecule is Cc1cc(-c2nc3n(CC(=O)Nc4ccc(C(F)(F)F)cc4Cl)c4c(c(=O)n3n2)C2(CCNCC2)CC4C)cc(C)n1. The highest BCUT2D eigenvalue weighted by Gasteiger charge is 2.47. The summed E-state index contributed by atoms with van der Waals surface area (Å²) in [4.78, 5) is 36.7. The standard InChI is InChI=1S/C29H29ClF3N7O2/c1-15-13-28(6-8-34-9-7-28)23-24(15)39(14-22(41)36-21-5-4-19(12-20(21)30)29(31,32)33)27-37-25(38-40(27)26(23)42)18-10-16(2)35-17(3)11-18/h4-5,10-12,15,34H,6-9,13-14H2,1-3H3,(H,36,41). The molecule has 1 aromatic carbocycles. The van der Waals surface area contributed by atoms with Crippen LogP contribution in [0.25, 0.3) is 17.2 Å². The highest BCUT2D eigenvalue weighted by atomic mass is 35.5. The second-order valence-electron chi connectivity index (χ2n) is 11.3. The lowest BCUT2D eigenvalue weighted by atomic mass is 9.74. The summed E-state index contributed by atoms with van der Waals surface area (Å²) in [6, 6.07) is 6.44. The van der Waals surface area contributed by atoms with Crippen molar-refractivity contribution in [2.45, 2.75) is 64.1 Å². The molecule has 1 fully saturated rings. The maximum atomic E-state index is 14.1. The first-order valence-corrected chi connectivity index (χ1v) is 14.1. The van der Waals surface area contributed by atoms with Gasteiger partial charge in [-0.25, -0.2) is 0 Å². The number of nitrogens with one attached hydrogen (secondary N) is 2. The van der Waals surface area contributed by atoms with E-state index < -0.39 is 17.6 Å². The molecule has 4 aromatic rings. The van der Waals surface area contributed by atoms with Crippen LogP contribution in [0.4, 0.5) is 18.9 Å². The number of halogens is 4. The predicted octanol–water partition coefficient (Wildman–Crippen LogP) is 5.01. The van der Waals surface area contributed by atoms with Crippen molar-refractivity contribution in [2.24, 2.45) is 0 Å². The molecule has 4 heterocycles. The van der Waals surface area contributed by atoms with Crippen LogP contribution in [0, 0.1) is 13.8 Å². The van der Waals surface area contributed by atoms with Gasteiger partial charge in [0.25, 0.3) is 5.56 Å². The van der Waals surface area contributed by atoms with Gasteiger partial charge >= 0.3 is 6.18 Å². The largest absolute Gasteiger partial charge is 0.416 e. The molecule has 1 aliphatic carbocycles. The number of carbonyl (C=O) groups excluding carboxylic acids is 1. The minimum atomic E-state index is -4.56. The van der Waals surface area contributed by atoms with Gasteiger partial charge in [0.15, 0.2) is 5.82 Å². The van der Waals surface area contributed by atoms with Crippen LogP contribution in [0.3, 0.4) is 0 Å². The number of hydrogen-bond donors (Lipinski definition) is 2. The van der Waals surface area contributed by atoms with Gasteiger partial charge in [-0.15, -0.1) is 5.10 Å². The molecule has 9 nitrogen and oxygen atoms in total. The van der Waals surface area contributed by atoms with E-state index in [-0.39, 0.29) is 39.9 Å². The summed E-state index contributed by atoms with van der Waals surface area (Å²) >= 11 is 6.11. The summed E-state index contributed by atoms with van der Waals surface area (Å²) in [5, 5.41) is 10.4. The molecule has 2 aliphatic rings. The Morgan fingerprint density at radius 1 is 1.14 bits per heavy atom. The third kappa shape index (κ3) is 4.86.